The molecule has 1 fully saturated rings. The lowest BCUT2D eigenvalue weighted by molar-refractivity contribution is 0.0888. The fourth-order valence-corrected chi connectivity index (χ4v) is 2.34. The van der Waals surface area contributed by atoms with E-state index in [1.165, 1.54) is 12.1 Å². The van der Waals surface area contributed by atoms with Crippen molar-refractivity contribution in [2.24, 2.45) is 5.92 Å². The highest BCUT2D eigenvalue weighted by atomic mass is 79.9. The highest BCUT2D eigenvalue weighted by molar-refractivity contribution is 9.10. The number of hydrogen-bond acceptors (Lipinski definition) is 3. The summed E-state index contributed by atoms with van der Waals surface area (Å²) in [5.74, 6) is -1.01. The van der Waals surface area contributed by atoms with Crippen LogP contribution in [0.25, 0.3) is 0 Å². The number of benzene rings is 1. The van der Waals surface area contributed by atoms with Crippen molar-refractivity contribution in [2.75, 3.05) is 20.3 Å². The van der Waals surface area contributed by atoms with Crippen molar-refractivity contribution in [2.45, 2.75) is 6.04 Å². The lowest BCUT2D eigenvalue weighted by atomic mass is 9.93. The van der Waals surface area contributed by atoms with Crippen LogP contribution in [0.3, 0.4) is 0 Å². The van der Waals surface area contributed by atoms with E-state index in [1.54, 1.807) is 13.1 Å². The zero-order chi connectivity index (χ0) is 12.4. The first-order valence-corrected chi connectivity index (χ1v) is 6.17. The first kappa shape index (κ1) is 12.7. The van der Waals surface area contributed by atoms with Crippen LogP contribution in [0.1, 0.15) is 10.4 Å². The van der Waals surface area contributed by atoms with Crippen LogP contribution in [0.15, 0.2) is 22.7 Å². The van der Waals surface area contributed by atoms with Gasteiger partial charge < -0.3 is 10.1 Å². The summed E-state index contributed by atoms with van der Waals surface area (Å²) in [6.07, 6.45) is 0. The number of carbonyl (C=O) groups excluding carboxylic acids is 1. The fraction of sp³-hybridized carbons (Fsp3) is 0.417. The van der Waals surface area contributed by atoms with E-state index in [0.717, 1.165) is 0 Å². The SMILES string of the molecule is CNC1COCC1C(=O)c1cc(Br)ccc1F. The lowest BCUT2D eigenvalue weighted by Gasteiger charge is -2.15. The molecular formula is C12H13BrFNO2. The first-order valence-electron chi connectivity index (χ1n) is 5.37. The number of ether oxygens (including phenoxy) is 1. The van der Waals surface area contributed by atoms with Gasteiger partial charge in [0.2, 0.25) is 0 Å². The number of hydrogen-bond donors (Lipinski definition) is 1. The zero-order valence-electron chi connectivity index (χ0n) is 9.37. The molecule has 5 heteroatoms. The molecule has 1 heterocycles. The Bertz CT molecular complexity index is 439. The van der Waals surface area contributed by atoms with Crippen LogP contribution >= 0.6 is 15.9 Å². The average Bonchev–Trinajstić information content (AvgIpc) is 2.79. The van der Waals surface area contributed by atoms with Gasteiger partial charge in [0.25, 0.3) is 0 Å². The van der Waals surface area contributed by atoms with Gasteiger partial charge in [-0.15, -0.1) is 0 Å². The molecule has 2 rings (SSSR count). The van der Waals surface area contributed by atoms with Gasteiger partial charge in [-0.1, -0.05) is 15.9 Å². The van der Waals surface area contributed by atoms with Crippen molar-refractivity contribution in [1.29, 1.82) is 0 Å². The second-order valence-corrected chi connectivity index (χ2v) is 4.94. The highest BCUT2D eigenvalue weighted by Crippen LogP contribution is 2.23. The molecule has 17 heavy (non-hydrogen) atoms. The molecule has 0 saturated carbocycles. The molecule has 2 atom stereocenters. The molecule has 1 aliphatic rings. The van der Waals surface area contributed by atoms with Gasteiger partial charge in [0.1, 0.15) is 5.82 Å². The summed E-state index contributed by atoms with van der Waals surface area (Å²) in [5.41, 5.74) is 0.120. The number of likely N-dealkylation sites (N-methyl/N-ethyl adjacent to an activating group) is 1. The predicted molar refractivity (Wildman–Crippen MR) is 65.6 cm³/mol. The van der Waals surface area contributed by atoms with Crippen molar-refractivity contribution in [1.82, 2.24) is 5.32 Å². The van der Waals surface area contributed by atoms with Crippen molar-refractivity contribution in [3.8, 4) is 0 Å². The van der Waals surface area contributed by atoms with Gasteiger partial charge in [-0.25, -0.2) is 4.39 Å². The van der Waals surface area contributed by atoms with Crippen LogP contribution in [-0.4, -0.2) is 32.1 Å². The molecule has 0 aliphatic carbocycles. The van der Waals surface area contributed by atoms with E-state index in [-0.39, 0.29) is 23.3 Å². The van der Waals surface area contributed by atoms with Crippen LogP contribution in [0.2, 0.25) is 0 Å². The Hall–Kier alpha value is -0.780. The molecule has 1 aromatic carbocycles. The molecule has 0 aromatic heterocycles. The van der Waals surface area contributed by atoms with Gasteiger partial charge in [0.15, 0.2) is 5.78 Å². The van der Waals surface area contributed by atoms with Crippen molar-refractivity contribution < 1.29 is 13.9 Å². The van der Waals surface area contributed by atoms with E-state index in [0.29, 0.717) is 17.7 Å². The summed E-state index contributed by atoms with van der Waals surface area (Å²) in [6.45, 7) is 0.832. The Morgan fingerprint density at radius 3 is 3.00 bits per heavy atom. The van der Waals surface area contributed by atoms with Gasteiger partial charge in [0, 0.05) is 10.5 Å². The second-order valence-electron chi connectivity index (χ2n) is 4.03. The Morgan fingerprint density at radius 1 is 1.53 bits per heavy atom. The number of rotatable bonds is 3. The fourth-order valence-electron chi connectivity index (χ4n) is 1.98. The van der Waals surface area contributed by atoms with Crippen molar-refractivity contribution in [3.63, 3.8) is 0 Å². The van der Waals surface area contributed by atoms with Gasteiger partial charge in [0.05, 0.1) is 24.7 Å². The maximum absolute atomic E-state index is 13.6. The smallest absolute Gasteiger partial charge is 0.172 e. The number of carbonyl (C=O) groups is 1. The standard InChI is InChI=1S/C12H13BrFNO2/c1-15-11-6-17-5-9(11)12(16)8-4-7(13)2-3-10(8)14/h2-4,9,11,15H,5-6H2,1H3. The summed E-state index contributed by atoms with van der Waals surface area (Å²) in [6, 6.07) is 4.35. The van der Waals surface area contributed by atoms with E-state index in [1.807, 2.05) is 0 Å². The van der Waals surface area contributed by atoms with E-state index < -0.39 is 5.82 Å². The van der Waals surface area contributed by atoms with Gasteiger partial charge in [-0.2, -0.15) is 0 Å². The van der Waals surface area contributed by atoms with Crippen molar-refractivity contribution in [3.05, 3.63) is 34.1 Å². The quantitative estimate of drug-likeness (QED) is 0.868. The minimum Gasteiger partial charge on any atom is -0.379 e. The summed E-state index contributed by atoms with van der Waals surface area (Å²) < 4.78 is 19.6. The number of Topliss-reactive ketones (excluding diaryl/α,β-unsaturated/α-hetero) is 1. The predicted octanol–water partition coefficient (Wildman–Crippen LogP) is 2.01. The molecule has 0 amide bonds. The molecule has 3 nitrogen and oxygen atoms in total. The summed E-state index contributed by atoms with van der Waals surface area (Å²) in [7, 11) is 1.77. The summed E-state index contributed by atoms with van der Waals surface area (Å²) in [5, 5.41) is 3.02. The minimum absolute atomic E-state index is 0.0409. The normalized spacial score (nSPS) is 23.9. The monoisotopic (exact) mass is 301 g/mol. The third kappa shape index (κ3) is 2.56. The third-order valence-electron chi connectivity index (χ3n) is 2.98. The molecule has 1 aliphatic heterocycles. The van der Waals surface area contributed by atoms with E-state index >= 15 is 0 Å². The van der Waals surface area contributed by atoms with Gasteiger partial charge in [-0.3, -0.25) is 4.79 Å². The van der Waals surface area contributed by atoms with Crippen LogP contribution in [0.4, 0.5) is 4.39 Å². The molecule has 0 radical (unpaired) electrons. The molecular weight excluding hydrogens is 289 g/mol. The minimum atomic E-state index is -0.486. The maximum atomic E-state index is 13.6. The van der Waals surface area contributed by atoms with Crippen LogP contribution in [-0.2, 0) is 4.74 Å². The van der Waals surface area contributed by atoms with Crippen molar-refractivity contribution >= 4 is 21.7 Å². The molecule has 1 N–H and O–H groups in total. The van der Waals surface area contributed by atoms with E-state index in [9.17, 15) is 9.18 Å². The molecule has 0 spiro atoms. The molecule has 1 aromatic rings. The topological polar surface area (TPSA) is 38.3 Å². The summed E-state index contributed by atoms with van der Waals surface area (Å²) >= 11 is 3.24. The van der Waals surface area contributed by atoms with E-state index in [2.05, 4.69) is 21.2 Å². The van der Waals surface area contributed by atoms with Gasteiger partial charge >= 0.3 is 0 Å². The highest BCUT2D eigenvalue weighted by Gasteiger charge is 2.34. The third-order valence-corrected chi connectivity index (χ3v) is 3.48. The van der Waals surface area contributed by atoms with Crippen LogP contribution in [0.5, 0.6) is 0 Å². The first-order chi connectivity index (χ1) is 8.13. The largest absolute Gasteiger partial charge is 0.379 e. The Kier molecular flexibility index (Phi) is 3.91. The molecule has 92 valence electrons. The van der Waals surface area contributed by atoms with Crippen LogP contribution < -0.4 is 5.32 Å². The Morgan fingerprint density at radius 2 is 2.29 bits per heavy atom. The lowest BCUT2D eigenvalue weighted by Crippen LogP contribution is -2.37. The molecule has 2 unspecified atom stereocenters. The van der Waals surface area contributed by atoms with E-state index in [4.69, 9.17) is 4.74 Å². The number of halogens is 2. The second kappa shape index (κ2) is 5.25. The molecule has 0 bridgehead atoms. The number of ketones is 1. The average molecular weight is 302 g/mol. The number of nitrogens with one attached hydrogen (secondary N) is 1. The Balaban J connectivity index is 2.27. The van der Waals surface area contributed by atoms with Crippen LogP contribution in [0, 0.1) is 11.7 Å². The summed E-state index contributed by atoms with van der Waals surface area (Å²) in [4.78, 5) is 12.2. The maximum Gasteiger partial charge on any atom is 0.172 e. The molecule has 1 saturated heterocycles. The van der Waals surface area contributed by atoms with Gasteiger partial charge in [-0.05, 0) is 25.2 Å². The zero-order valence-corrected chi connectivity index (χ0v) is 11.0. The Labute approximate surface area is 107 Å².